The average molecular weight is 481 g/mol. The van der Waals surface area contributed by atoms with Crippen molar-refractivity contribution in [2.45, 2.75) is 58.2 Å². The summed E-state index contributed by atoms with van der Waals surface area (Å²) in [6, 6.07) is 22.1. The molecule has 4 aromatic rings. The molecule has 5 heteroatoms. The molecular formula is C31H32N2O3. The monoisotopic (exact) mass is 480 g/mol. The van der Waals surface area contributed by atoms with E-state index in [-0.39, 0.29) is 5.78 Å². The fourth-order valence-electron chi connectivity index (χ4n) is 4.88. The molecule has 0 saturated carbocycles. The first-order valence-electron chi connectivity index (χ1n) is 12.6. The summed E-state index contributed by atoms with van der Waals surface area (Å²) in [5.41, 5.74) is 4.11. The molecule has 0 saturated heterocycles. The Labute approximate surface area is 212 Å². The van der Waals surface area contributed by atoms with E-state index >= 15 is 0 Å². The molecule has 0 amide bonds. The first-order valence-corrected chi connectivity index (χ1v) is 12.6. The lowest BCUT2D eigenvalue weighted by atomic mass is 9.86. The molecule has 0 aliphatic heterocycles. The van der Waals surface area contributed by atoms with E-state index in [2.05, 4.69) is 35.9 Å². The Balaban J connectivity index is 1.54. The van der Waals surface area contributed by atoms with Crippen molar-refractivity contribution >= 4 is 5.78 Å². The van der Waals surface area contributed by atoms with E-state index < -0.39 is 5.60 Å². The number of ether oxygens (including phenoxy) is 2. The van der Waals surface area contributed by atoms with Crippen molar-refractivity contribution in [3.05, 3.63) is 113 Å². The highest BCUT2D eigenvalue weighted by atomic mass is 16.5. The van der Waals surface area contributed by atoms with Gasteiger partial charge < -0.3 is 14.5 Å². The number of aromatic amines is 1. The number of benzene rings is 3. The molecule has 0 bridgehead atoms. The molecule has 5 nitrogen and oxygen atoms in total. The molecule has 0 fully saturated rings. The third-order valence-corrected chi connectivity index (χ3v) is 7.04. The Bertz CT molecular complexity index is 1330. The molecule has 1 heterocycles. The zero-order valence-electron chi connectivity index (χ0n) is 21.1. The Morgan fingerprint density at radius 2 is 1.78 bits per heavy atom. The van der Waals surface area contributed by atoms with Gasteiger partial charge in [0, 0.05) is 35.5 Å². The molecule has 36 heavy (non-hydrogen) atoms. The Morgan fingerprint density at radius 1 is 1.00 bits per heavy atom. The van der Waals surface area contributed by atoms with Gasteiger partial charge in [-0.3, -0.25) is 4.79 Å². The lowest BCUT2D eigenvalue weighted by Gasteiger charge is -2.32. The van der Waals surface area contributed by atoms with E-state index in [4.69, 9.17) is 9.47 Å². The summed E-state index contributed by atoms with van der Waals surface area (Å²) < 4.78 is 13.1. The first kappa shape index (κ1) is 23.9. The van der Waals surface area contributed by atoms with Crippen LogP contribution in [0, 0.1) is 0 Å². The highest BCUT2D eigenvalue weighted by molar-refractivity contribution is 5.99. The van der Waals surface area contributed by atoms with Crippen LogP contribution < -0.4 is 9.47 Å². The van der Waals surface area contributed by atoms with Crippen LogP contribution in [-0.4, -0.2) is 15.8 Å². The molecular weight excluding hydrogens is 448 g/mol. The summed E-state index contributed by atoms with van der Waals surface area (Å²) in [6.07, 6.45) is 5.77. The largest absolute Gasteiger partial charge is 0.489 e. The zero-order valence-corrected chi connectivity index (χ0v) is 21.1. The fourth-order valence-corrected chi connectivity index (χ4v) is 4.88. The minimum absolute atomic E-state index is 0.183. The van der Waals surface area contributed by atoms with E-state index in [1.54, 1.807) is 12.4 Å². The van der Waals surface area contributed by atoms with Crippen LogP contribution in [-0.2, 0) is 18.6 Å². The van der Waals surface area contributed by atoms with Crippen LogP contribution in [0.15, 0.2) is 79.1 Å². The minimum Gasteiger partial charge on any atom is -0.489 e. The van der Waals surface area contributed by atoms with Crippen LogP contribution in [0.5, 0.6) is 11.5 Å². The smallest absolute Gasteiger partial charge is 0.188 e. The maximum Gasteiger partial charge on any atom is 0.188 e. The number of nitrogens with zero attached hydrogens (tertiary/aromatic N) is 1. The third kappa shape index (κ3) is 4.66. The number of Topliss-reactive ketones (excluding diaryl/α,β-unsaturated/α-hetero) is 1. The van der Waals surface area contributed by atoms with Crippen molar-refractivity contribution in [3.8, 4) is 11.5 Å². The number of hydrogen-bond donors (Lipinski definition) is 1. The zero-order chi connectivity index (χ0) is 25.1. The Hall–Kier alpha value is -3.86. The second-order valence-corrected chi connectivity index (χ2v) is 9.80. The average Bonchev–Trinajstić information content (AvgIpc) is 3.45. The van der Waals surface area contributed by atoms with Crippen LogP contribution in [0.2, 0.25) is 0 Å². The van der Waals surface area contributed by atoms with Gasteiger partial charge in [-0.05, 0) is 61.1 Å². The van der Waals surface area contributed by atoms with Gasteiger partial charge in [0.15, 0.2) is 17.2 Å². The van der Waals surface area contributed by atoms with E-state index in [1.807, 2.05) is 61.5 Å². The van der Waals surface area contributed by atoms with E-state index in [1.165, 1.54) is 5.56 Å². The van der Waals surface area contributed by atoms with Gasteiger partial charge in [0.25, 0.3) is 0 Å². The highest BCUT2D eigenvalue weighted by Crippen LogP contribution is 2.38. The van der Waals surface area contributed by atoms with Crippen LogP contribution >= 0.6 is 0 Å². The minimum atomic E-state index is -0.856. The molecule has 3 aromatic carbocycles. The van der Waals surface area contributed by atoms with Crippen LogP contribution in [0.25, 0.3) is 0 Å². The van der Waals surface area contributed by atoms with Gasteiger partial charge in [0.05, 0.1) is 0 Å². The molecule has 1 aromatic heterocycles. The molecule has 1 atom stereocenters. The van der Waals surface area contributed by atoms with Gasteiger partial charge in [0.2, 0.25) is 0 Å². The Morgan fingerprint density at radius 3 is 2.47 bits per heavy atom. The van der Waals surface area contributed by atoms with Crippen molar-refractivity contribution in [1.82, 2.24) is 9.97 Å². The molecule has 1 N–H and O–H groups in total. The number of carbonyl (C=O) groups is 1. The number of imidazole rings is 1. The predicted molar refractivity (Wildman–Crippen MR) is 141 cm³/mol. The highest BCUT2D eigenvalue weighted by Gasteiger charge is 2.35. The van der Waals surface area contributed by atoms with Gasteiger partial charge in [-0.1, -0.05) is 56.3 Å². The number of hydrogen-bond acceptors (Lipinski definition) is 4. The molecule has 5 rings (SSSR count). The third-order valence-electron chi connectivity index (χ3n) is 7.04. The van der Waals surface area contributed by atoms with Crippen molar-refractivity contribution in [2.75, 3.05) is 0 Å². The van der Waals surface area contributed by atoms with Gasteiger partial charge in [-0.2, -0.15) is 0 Å². The molecule has 1 aliphatic carbocycles. The number of aromatic nitrogens is 2. The summed E-state index contributed by atoms with van der Waals surface area (Å²) in [4.78, 5) is 20.5. The maximum atomic E-state index is 12.7. The lowest BCUT2D eigenvalue weighted by Crippen LogP contribution is -2.33. The second kappa shape index (κ2) is 10.0. The molecule has 1 aliphatic rings. The SMILES string of the molecule is CC(C)c1ccc(OCc2c(O[C@@](C)(c3ccccc3)c3ncc[nH]3)ccc3c2CCCC3=O)cc1. The standard InChI is InChI=1S/C31H32N2O3/c1-21(2)22-12-14-24(15-13-22)35-20-27-25-10-7-11-28(34)26(25)16-17-29(27)36-31(3,30-32-18-19-33-30)23-8-5-4-6-9-23/h4-6,8-9,12-19,21H,7,10-11,20H2,1-3H3,(H,32,33)/t31-/m0/s1. The van der Waals surface area contributed by atoms with Gasteiger partial charge in [0.1, 0.15) is 18.1 Å². The van der Waals surface area contributed by atoms with E-state index in [0.717, 1.165) is 40.8 Å². The lowest BCUT2D eigenvalue weighted by molar-refractivity contribution is 0.0970. The molecule has 0 spiro atoms. The number of rotatable bonds is 8. The van der Waals surface area contributed by atoms with Gasteiger partial charge in [-0.15, -0.1) is 0 Å². The van der Waals surface area contributed by atoms with Crippen molar-refractivity contribution in [2.24, 2.45) is 0 Å². The normalized spacial score (nSPS) is 14.8. The van der Waals surface area contributed by atoms with Crippen molar-refractivity contribution < 1.29 is 14.3 Å². The van der Waals surface area contributed by atoms with Crippen LogP contribution in [0.4, 0.5) is 0 Å². The van der Waals surface area contributed by atoms with Crippen LogP contribution in [0.3, 0.4) is 0 Å². The quantitative estimate of drug-likeness (QED) is 0.296. The molecule has 184 valence electrons. The number of ketones is 1. The number of H-pyrrole nitrogens is 1. The Kier molecular flexibility index (Phi) is 6.64. The fraction of sp³-hybridized carbons (Fsp3) is 0.290. The summed E-state index contributed by atoms with van der Waals surface area (Å²) in [7, 11) is 0. The van der Waals surface area contributed by atoms with Crippen LogP contribution in [0.1, 0.15) is 78.0 Å². The topological polar surface area (TPSA) is 64.2 Å². The van der Waals surface area contributed by atoms with Crippen molar-refractivity contribution in [1.29, 1.82) is 0 Å². The van der Waals surface area contributed by atoms with E-state index in [9.17, 15) is 4.79 Å². The molecule has 0 radical (unpaired) electrons. The maximum absolute atomic E-state index is 12.7. The first-order chi connectivity index (χ1) is 17.5. The summed E-state index contributed by atoms with van der Waals surface area (Å²) >= 11 is 0. The number of carbonyl (C=O) groups excluding carboxylic acids is 1. The van der Waals surface area contributed by atoms with Gasteiger partial charge in [-0.25, -0.2) is 4.98 Å². The summed E-state index contributed by atoms with van der Waals surface area (Å²) in [5.74, 6) is 2.84. The summed E-state index contributed by atoms with van der Waals surface area (Å²) in [5, 5.41) is 0. The number of nitrogens with one attached hydrogen (secondary N) is 1. The van der Waals surface area contributed by atoms with E-state index in [0.29, 0.717) is 30.5 Å². The number of fused-ring (bicyclic) bond motifs is 1. The molecule has 0 unspecified atom stereocenters. The second-order valence-electron chi connectivity index (χ2n) is 9.80. The van der Waals surface area contributed by atoms with Gasteiger partial charge >= 0.3 is 0 Å². The summed E-state index contributed by atoms with van der Waals surface area (Å²) in [6.45, 7) is 6.68. The predicted octanol–water partition coefficient (Wildman–Crippen LogP) is 6.97. The van der Waals surface area contributed by atoms with Crippen molar-refractivity contribution in [3.63, 3.8) is 0 Å².